The molecule has 0 amide bonds. The number of benzene rings is 2. The van der Waals surface area contributed by atoms with Gasteiger partial charge in [-0.1, -0.05) is 25.1 Å². The third-order valence-electron chi connectivity index (χ3n) is 5.49. The van der Waals surface area contributed by atoms with Gasteiger partial charge in [-0.15, -0.1) is 0 Å². The summed E-state index contributed by atoms with van der Waals surface area (Å²) >= 11 is 0. The molecule has 9 nitrogen and oxygen atoms in total. The summed E-state index contributed by atoms with van der Waals surface area (Å²) in [6, 6.07) is 13.3. The van der Waals surface area contributed by atoms with Crippen molar-refractivity contribution < 1.29 is 9.85 Å². The van der Waals surface area contributed by atoms with Crippen LogP contribution in [0.25, 0.3) is 5.69 Å². The van der Waals surface area contributed by atoms with E-state index < -0.39 is 15.5 Å². The van der Waals surface area contributed by atoms with Crippen molar-refractivity contribution >= 4 is 23.3 Å². The van der Waals surface area contributed by atoms with Gasteiger partial charge in [0.1, 0.15) is 5.69 Å². The van der Waals surface area contributed by atoms with Gasteiger partial charge in [-0.25, -0.2) is 0 Å². The van der Waals surface area contributed by atoms with Crippen molar-refractivity contribution in [1.82, 2.24) is 4.57 Å². The maximum atomic E-state index is 11.3. The summed E-state index contributed by atoms with van der Waals surface area (Å²) in [5, 5.41) is 26.5. The van der Waals surface area contributed by atoms with Crippen LogP contribution < -0.4 is 5.43 Å². The highest BCUT2D eigenvalue weighted by Crippen LogP contribution is 2.31. The van der Waals surface area contributed by atoms with Crippen LogP contribution in [0.2, 0.25) is 0 Å². The lowest BCUT2D eigenvalue weighted by Gasteiger charge is -2.18. The zero-order chi connectivity index (χ0) is 22.0. The number of para-hydroxylation sites is 1. The first kappa shape index (κ1) is 20.3. The number of nitrogens with zero attached hydrogens (tertiary/aromatic N) is 4. The maximum absolute atomic E-state index is 11.3. The third-order valence-corrected chi connectivity index (χ3v) is 5.49. The highest BCUT2D eigenvalue weighted by Gasteiger charge is 2.22. The van der Waals surface area contributed by atoms with Crippen LogP contribution in [0.3, 0.4) is 0 Å². The van der Waals surface area contributed by atoms with Gasteiger partial charge in [0.15, 0.2) is 0 Å². The van der Waals surface area contributed by atoms with E-state index in [2.05, 4.69) is 28.2 Å². The number of hydrazone groups is 1. The fourth-order valence-electron chi connectivity index (χ4n) is 3.93. The second-order valence-corrected chi connectivity index (χ2v) is 7.66. The molecule has 1 atom stereocenters. The first-order chi connectivity index (χ1) is 14.9. The van der Waals surface area contributed by atoms with Crippen LogP contribution in [-0.2, 0) is 12.8 Å². The molecular formula is C22H21N5O4. The van der Waals surface area contributed by atoms with Crippen LogP contribution in [0, 0.1) is 26.1 Å². The molecule has 1 aliphatic carbocycles. The molecule has 1 N–H and O–H groups in total. The largest absolute Gasteiger partial charge is 0.315 e. The van der Waals surface area contributed by atoms with Crippen molar-refractivity contribution in [2.75, 3.05) is 5.43 Å². The Balaban J connectivity index is 1.68. The molecule has 2 aromatic carbocycles. The number of aromatic nitrogens is 1. The van der Waals surface area contributed by atoms with E-state index in [0.29, 0.717) is 5.92 Å². The van der Waals surface area contributed by atoms with Gasteiger partial charge >= 0.3 is 5.69 Å². The van der Waals surface area contributed by atoms with E-state index in [1.807, 2.05) is 30.3 Å². The number of nitro benzene ring substituents is 2. The van der Waals surface area contributed by atoms with E-state index in [1.165, 1.54) is 23.3 Å². The van der Waals surface area contributed by atoms with Crippen LogP contribution in [0.1, 0.15) is 30.2 Å². The number of rotatable bonds is 6. The van der Waals surface area contributed by atoms with Crippen LogP contribution in [0.15, 0.2) is 59.8 Å². The van der Waals surface area contributed by atoms with E-state index in [1.54, 1.807) is 6.21 Å². The Morgan fingerprint density at radius 2 is 1.90 bits per heavy atom. The number of hydrogen-bond donors (Lipinski definition) is 1. The summed E-state index contributed by atoms with van der Waals surface area (Å²) < 4.78 is 2.08. The number of nitro groups is 2. The predicted molar refractivity (Wildman–Crippen MR) is 118 cm³/mol. The molecule has 0 saturated carbocycles. The van der Waals surface area contributed by atoms with E-state index >= 15 is 0 Å². The van der Waals surface area contributed by atoms with Gasteiger partial charge in [0, 0.05) is 18.0 Å². The van der Waals surface area contributed by atoms with Crippen molar-refractivity contribution in [3.63, 3.8) is 0 Å². The normalized spacial score (nSPS) is 15.6. The molecule has 158 valence electrons. The van der Waals surface area contributed by atoms with Crippen molar-refractivity contribution in [3.8, 4) is 5.69 Å². The lowest BCUT2D eigenvalue weighted by atomic mass is 9.86. The van der Waals surface area contributed by atoms with Gasteiger partial charge in [0.25, 0.3) is 5.69 Å². The van der Waals surface area contributed by atoms with Crippen molar-refractivity contribution in [2.45, 2.75) is 26.2 Å². The standard InChI is InChI=1S/C22H21N5O4/c1-15-7-9-19-16(11-15)14-25(17-5-3-2-4-6-17)22(19)13-23-24-20-10-8-18(26(28)29)12-21(20)27(30)31/h2-6,8,10,12-15,24H,7,9,11H2,1H3/b23-13-. The molecule has 0 saturated heterocycles. The number of non-ortho nitro benzene ring substituents is 1. The molecule has 0 spiro atoms. The van der Waals surface area contributed by atoms with Crippen LogP contribution >= 0.6 is 0 Å². The minimum absolute atomic E-state index is 0.0900. The van der Waals surface area contributed by atoms with Gasteiger partial charge in [-0.3, -0.25) is 25.7 Å². The zero-order valence-electron chi connectivity index (χ0n) is 16.9. The van der Waals surface area contributed by atoms with Crippen molar-refractivity contribution in [2.24, 2.45) is 11.0 Å². The average Bonchev–Trinajstić information content (AvgIpc) is 3.11. The summed E-state index contributed by atoms with van der Waals surface area (Å²) in [5.41, 5.74) is 6.47. The maximum Gasteiger partial charge on any atom is 0.301 e. The Hall–Kier alpha value is -4.01. The molecule has 3 aromatic rings. The minimum atomic E-state index is -0.667. The minimum Gasteiger partial charge on any atom is -0.315 e. The molecule has 0 aliphatic heterocycles. The smallest absolute Gasteiger partial charge is 0.301 e. The molecule has 0 bridgehead atoms. The SMILES string of the molecule is CC1CCc2c(cn(-c3ccccc3)c2/C=N\Nc2ccc([N+](=O)[O-])cc2[N+](=O)[O-])C1. The van der Waals surface area contributed by atoms with Gasteiger partial charge in [-0.2, -0.15) is 5.10 Å². The highest BCUT2D eigenvalue weighted by molar-refractivity contribution is 5.83. The van der Waals surface area contributed by atoms with Crippen molar-refractivity contribution in [3.05, 3.63) is 91.8 Å². The highest BCUT2D eigenvalue weighted by atomic mass is 16.6. The first-order valence-electron chi connectivity index (χ1n) is 9.94. The van der Waals surface area contributed by atoms with E-state index in [9.17, 15) is 20.2 Å². The number of fused-ring (bicyclic) bond motifs is 1. The number of anilines is 1. The molecule has 4 rings (SSSR count). The second kappa shape index (κ2) is 8.39. The molecule has 1 heterocycles. The summed E-state index contributed by atoms with van der Waals surface area (Å²) in [5.74, 6) is 0.616. The van der Waals surface area contributed by atoms with E-state index in [0.717, 1.165) is 36.7 Å². The van der Waals surface area contributed by atoms with Crippen LogP contribution in [0.4, 0.5) is 17.1 Å². The molecule has 0 fully saturated rings. The number of nitrogens with one attached hydrogen (secondary N) is 1. The zero-order valence-corrected chi connectivity index (χ0v) is 16.9. The Labute approximate surface area is 178 Å². The summed E-state index contributed by atoms with van der Waals surface area (Å²) in [6.45, 7) is 2.24. The average molecular weight is 419 g/mol. The lowest BCUT2D eigenvalue weighted by molar-refractivity contribution is -0.393. The topological polar surface area (TPSA) is 116 Å². The molecule has 1 aromatic heterocycles. The summed E-state index contributed by atoms with van der Waals surface area (Å²) in [7, 11) is 0. The monoisotopic (exact) mass is 419 g/mol. The van der Waals surface area contributed by atoms with E-state index in [4.69, 9.17) is 0 Å². The third kappa shape index (κ3) is 4.16. The van der Waals surface area contributed by atoms with Gasteiger partial charge in [0.2, 0.25) is 0 Å². The Morgan fingerprint density at radius 1 is 1.13 bits per heavy atom. The van der Waals surface area contributed by atoms with Crippen LogP contribution in [-0.4, -0.2) is 20.6 Å². The number of hydrogen-bond acceptors (Lipinski definition) is 6. The van der Waals surface area contributed by atoms with Crippen LogP contribution in [0.5, 0.6) is 0 Å². The molecule has 9 heteroatoms. The second-order valence-electron chi connectivity index (χ2n) is 7.66. The Bertz CT molecular complexity index is 1170. The fourth-order valence-corrected chi connectivity index (χ4v) is 3.93. The summed E-state index contributed by atoms with van der Waals surface area (Å²) in [4.78, 5) is 20.9. The fraction of sp³-hybridized carbons (Fsp3) is 0.227. The molecule has 1 aliphatic rings. The van der Waals surface area contributed by atoms with E-state index in [-0.39, 0.29) is 11.4 Å². The molecule has 0 radical (unpaired) electrons. The van der Waals surface area contributed by atoms with Gasteiger partial charge < -0.3 is 4.57 Å². The Kier molecular flexibility index (Phi) is 5.48. The van der Waals surface area contributed by atoms with Crippen molar-refractivity contribution in [1.29, 1.82) is 0 Å². The predicted octanol–water partition coefficient (Wildman–Crippen LogP) is 4.86. The Morgan fingerprint density at radius 3 is 2.61 bits per heavy atom. The van der Waals surface area contributed by atoms with Gasteiger partial charge in [0.05, 0.1) is 27.8 Å². The molecule has 1 unspecified atom stereocenters. The van der Waals surface area contributed by atoms with Gasteiger partial charge in [-0.05, 0) is 54.5 Å². The lowest BCUT2D eigenvalue weighted by Crippen LogP contribution is -2.10. The molecular weight excluding hydrogens is 398 g/mol. The molecule has 31 heavy (non-hydrogen) atoms. The summed E-state index contributed by atoms with van der Waals surface area (Å²) in [6.07, 6.45) is 6.82. The quantitative estimate of drug-likeness (QED) is 0.348. The first-order valence-corrected chi connectivity index (χ1v) is 9.94.